The lowest BCUT2D eigenvalue weighted by Crippen LogP contribution is -2.08. The summed E-state index contributed by atoms with van der Waals surface area (Å²) in [7, 11) is 1.65. The summed E-state index contributed by atoms with van der Waals surface area (Å²) in [5, 5.41) is 17.2. The Bertz CT molecular complexity index is 469. The van der Waals surface area contributed by atoms with Crippen LogP contribution >= 0.6 is 0 Å². The van der Waals surface area contributed by atoms with E-state index in [2.05, 4.69) is 10.3 Å². The minimum Gasteiger partial charge on any atom is -0.382 e. The normalized spacial score (nSPS) is 12.7. The maximum absolute atomic E-state index is 13.4. The van der Waals surface area contributed by atoms with Gasteiger partial charge in [-0.3, -0.25) is 0 Å². The quantitative estimate of drug-likeness (QED) is 0.800. The molecule has 1 aromatic heterocycles. The van der Waals surface area contributed by atoms with E-state index in [0.717, 1.165) is 0 Å². The fourth-order valence-electron chi connectivity index (χ4n) is 1.40. The lowest BCUT2D eigenvalue weighted by Gasteiger charge is -2.10. The third-order valence-electron chi connectivity index (χ3n) is 2.23. The molecule has 1 atom stereocenters. The summed E-state index contributed by atoms with van der Waals surface area (Å²) in [6.07, 6.45) is 0.378. The van der Waals surface area contributed by atoms with Crippen LogP contribution < -0.4 is 0 Å². The summed E-state index contributed by atoms with van der Waals surface area (Å²) in [6, 6.07) is 6.09. The Kier molecular flexibility index (Phi) is 2.47. The number of aliphatic hydroxyl groups excluding tert-OH is 1. The molecule has 2 aromatic rings. The van der Waals surface area contributed by atoms with Gasteiger partial charge < -0.3 is 5.11 Å². The highest BCUT2D eigenvalue weighted by Crippen LogP contribution is 2.22. The monoisotopic (exact) mass is 207 g/mol. The van der Waals surface area contributed by atoms with Crippen LogP contribution in [-0.2, 0) is 7.05 Å². The van der Waals surface area contributed by atoms with Crippen molar-refractivity contribution in [2.75, 3.05) is 0 Å². The topological polar surface area (TPSA) is 50.9 Å². The van der Waals surface area contributed by atoms with Gasteiger partial charge in [0.05, 0.1) is 11.9 Å². The molecule has 0 aliphatic heterocycles. The Balaban J connectivity index is 2.41. The van der Waals surface area contributed by atoms with Crippen molar-refractivity contribution in [3.63, 3.8) is 0 Å². The number of hydrogen-bond acceptors (Lipinski definition) is 3. The van der Waals surface area contributed by atoms with E-state index in [9.17, 15) is 9.50 Å². The van der Waals surface area contributed by atoms with Gasteiger partial charge in [0.2, 0.25) is 0 Å². The van der Waals surface area contributed by atoms with Crippen molar-refractivity contribution >= 4 is 0 Å². The number of hydrogen-bond donors (Lipinski definition) is 1. The maximum atomic E-state index is 13.4. The van der Waals surface area contributed by atoms with Gasteiger partial charge in [-0.25, -0.2) is 9.07 Å². The van der Waals surface area contributed by atoms with E-state index in [0.29, 0.717) is 5.69 Å². The minimum absolute atomic E-state index is 0.225. The zero-order valence-electron chi connectivity index (χ0n) is 8.13. The van der Waals surface area contributed by atoms with Crippen molar-refractivity contribution in [1.29, 1.82) is 0 Å². The number of rotatable bonds is 2. The van der Waals surface area contributed by atoms with Crippen LogP contribution in [0, 0.1) is 5.82 Å². The number of aryl methyl sites for hydroxylation is 1. The molecule has 0 saturated carbocycles. The average molecular weight is 207 g/mol. The molecule has 0 aliphatic rings. The molecule has 78 valence electrons. The van der Waals surface area contributed by atoms with Gasteiger partial charge in [-0.1, -0.05) is 23.4 Å². The second-order valence-electron chi connectivity index (χ2n) is 3.21. The van der Waals surface area contributed by atoms with Gasteiger partial charge in [0.15, 0.2) is 0 Å². The molecule has 0 bridgehead atoms. The van der Waals surface area contributed by atoms with Gasteiger partial charge in [0.25, 0.3) is 0 Å². The molecule has 1 N–H and O–H groups in total. The smallest absolute Gasteiger partial charge is 0.129 e. The van der Waals surface area contributed by atoms with Crippen LogP contribution in [0.3, 0.4) is 0 Å². The van der Waals surface area contributed by atoms with Crippen LogP contribution in [-0.4, -0.2) is 20.1 Å². The number of aliphatic hydroxyl groups is 1. The second-order valence-corrected chi connectivity index (χ2v) is 3.21. The second kappa shape index (κ2) is 3.78. The van der Waals surface area contributed by atoms with Crippen LogP contribution in [0.5, 0.6) is 0 Å². The van der Waals surface area contributed by atoms with Crippen molar-refractivity contribution in [3.05, 3.63) is 47.5 Å². The SMILES string of the molecule is Cn1nncc1C(O)c1ccccc1F. The Morgan fingerprint density at radius 1 is 1.40 bits per heavy atom. The van der Waals surface area contributed by atoms with Gasteiger partial charge in [-0.2, -0.15) is 0 Å². The molecular formula is C10H10FN3O. The lowest BCUT2D eigenvalue weighted by molar-refractivity contribution is 0.204. The standard InChI is InChI=1S/C10H10FN3O/c1-14-9(6-12-13-14)10(15)7-4-2-3-5-8(7)11/h2-6,10,15H,1H3. The summed E-state index contributed by atoms with van der Waals surface area (Å²) >= 11 is 0. The summed E-state index contributed by atoms with van der Waals surface area (Å²) in [5.74, 6) is -0.439. The lowest BCUT2D eigenvalue weighted by atomic mass is 10.1. The Hall–Kier alpha value is -1.75. The number of halogens is 1. The number of benzene rings is 1. The molecule has 0 amide bonds. The van der Waals surface area contributed by atoms with Gasteiger partial charge in [-0.15, -0.1) is 5.10 Å². The molecule has 0 saturated heterocycles. The van der Waals surface area contributed by atoms with E-state index < -0.39 is 11.9 Å². The van der Waals surface area contributed by atoms with Crippen molar-refractivity contribution in [3.8, 4) is 0 Å². The first kappa shape index (κ1) is 9.79. The summed E-state index contributed by atoms with van der Waals surface area (Å²) in [6.45, 7) is 0. The molecule has 1 heterocycles. The molecule has 15 heavy (non-hydrogen) atoms. The van der Waals surface area contributed by atoms with E-state index in [1.807, 2.05) is 0 Å². The molecule has 4 nitrogen and oxygen atoms in total. The van der Waals surface area contributed by atoms with Crippen LogP contribution in [0.2, 0.25) is 0 Å². The molecule has 0 aliphatic carbocycles. The average Bonchev–Trinajstić information content (AvgIpc) is 2.64. The van der Waals surface area contributed by atoms with Crippen molar-refractivity contribution in [1.82, 2.24) is 15.0 Å². The first-order chi connectivity index (χ1) is 7.20. The van der Waals surface area contributed by atoms with Gasteiger partial charge >= 0.3 is 0 Å². The van der Waals surface area contributed by atoms with E-state index in [4.69, 9.17) is 0 Å². The van der Waals surface area contributed by atoms with E-state index in [1.54, 1.807) is 19.2 Å². The zero-order chi connectivity index (χ0) is 10.8. The number of nitrogens with zero attached hydrogens (tertiary/aromatic N) is 3. The molecule has 1 aromatic carbocycles. The zero-order valence-corrected chi connectivity index (χ0v) is 8.13. The summed E-state index contributed by atoms with van der Waals surface area (Å²) in [4.78, 5) is 0. The van der Waals surface area contributed by atoms with E-state index >= 15 is 0 Å². The predicted molar refractivity (Wildman–Crippen MR) is 51.5 cm³/mol. The molecule has 0 fully saturated rings. The van der Waals surface area contributed by atoms with Gasteiger partial charge in [-0.05, 0) is 6.07 Å². The highest BCUT2D eigenvalue weighted by molar-refractivity contribution is 5.25. The largest absolute Gasteiger partial charge is 0.382 e. The Morgan fingerprint density at radius 2 is 2.13 bits per heavy atom. The third kappa shape index (κ3) is 1.73. The van der Waals surface area contributed by atoms with Gasteiger partial charge in [0.1, 0.15) is 11.9 Å². The summed E-state index contributed by atoms with van der Waals surface area (Å²) < 4.78 is 14.8. The van der Waals surface area contributed by atoms with E-state index in [1.165, 1.54) is 23.0 Å². The van der Waals surface area contributed by atoms with Crippen LogP contribution in [0.15, 0.2) is 30.5 Å². The fourth-order valence-corrected chi connectivity index (χ4v) is 1.40. The van der Waals surface area contributed by atoms with Crippen molar-refractivity contribution in [2.45, 2.75) is 6.10 Å². The van der Waals surface area contributed by atoms with E-state index in [-0.39, 0.29) is 5.56 Å². The molecular weight excluding hydrogens is 197 g/mol. The molecule has 0 spiro atoms. The summed E-state index contributed by atoms with van der Waals surface area (Å²) in [5.41, 5.74) is 0.683. The predicted octanol–water partition coefficient (Wildman–Crippen LogP) is 1.04. The highest BCUT2D eigenvalue weighted by Gasteiger charge is 2.17. The maximum Gasteiger partial charge on any atom is 0.129 e. The van der Waals surface area contributed by atoms with Crippen molar-refractivity contribution < 1.29 is 9.50 Å². The Labute approximate surface area is 86.0 Å². The molecule has 1 unspecified atom stereocenters. The highest BCUT2D eigenvalue weighted by atomic mass is 19.1. The number of aromatic nitrogens is 3. The first-order valence-corrected chi connectivity index (χ1v) is 4.47. The fraction of sp³-hybridized carbons (Fsp3) is 0.200. The van der Waals surface area contributed by atoms with Crippen molar-refractivity contribution in [2.24, 2.45) is 7.05 Å². The van der Waals surface area contributed by atoms with Gasteiger partial charge in [0, 0.05) is 12.6 Å². The first-order valence-electron chi connectivity index (χ1n) is 4.47. The Morgan fingerprint density at radius 3 is 2.73 bits per heavy atom. The van der Waals surface area contributed by atoms with Crippen LogP contribution in [0.25, 0.3) is 0 Å². The molecule has 2 rings (SSSR count). The van der Waals surface area contributed by atoms with Crippen LogP contribution in [0.4, 0.5) is 4.39 Å². The van der Waals surface area contributed by atoms with Crippen LogP contribution in [0.1, 0.15) is 17.4 Å². The third-order valence-corrected chi connectivity index (χ3v) is 2.23. The molecule has 0 radical (unpaired) electrons. The minimum atomic E-state index is -1.04. The molecule has 5 heteroatoms.